The number of hydrogen-bond acceptors (Lipinski definition) is 6. The summed E-state index contributed by atoms with van der Waals surface area (Å²) in [4.78, 5) is 12.2. The number of carbonyl (C=O) groups is 1. The van der Waals surface area contributed by atoms with E-state index in [1.807, 2.05) is 0 Å². The summed E-state index contributed by atoms with van der Waals surface area (Å²) < 4.78 is 43.4. The third-order valence-electron chi connectivity index (χ3n) is 3.92. The van der Waals surface area contributed by atoms with Crippen molar-refractivity contribution < 1.29 is 27.4 Å². The lowest BCUT2D eigenvalue weighted by Crippen LogP contribution is -2.17. The molecule has 2 aromatic rings. The molecule has 0 radical (unpaired) electrons. The number of hydrogen-bond donors (Lipinski definition) is 1. The fourth-order valence-corrected chi connectivity index (χ4v) is 4.09. The second-order valence-corrected chi connectivity index (χ2v) is 7.77. The Morgan fingerprint density at radius 2 is 1.56 bits per heavy atom. The van der Waals surface area contributed by atoms with Gasteiger partial charge >= 0.3 is 5.97 Å². The number of nitrogens with one attached hydrogen (secondary N) is 1. The Morgan fingerprint density at radius 3 is 2.11 bits per heavy atom. The predicted octanol–water partition coefficient (Wildman–Crippen LogP) is 3.56. The molecule has 0 saturated heterocycles. The van der Waals surface area contributed by atoms with Crippen molar-refractivity contribution in [3.8, 4) is 11.5 Å². The Hall–Kier alpha value is -2.45. The van der Waals surface area contributed by atoms with Gasteiger partial charge in [-0.2, -0.15) is 0 Å². The number of methoxy groups -OCH3 is 3. The molecule has 2 rings (SSSR count). The maximum atomic E-state index is 12.9. The summed E-state index contributed by atoms with van der Waals surface area (Å²) in [5.41, 5.74) is 1.08. The van der Waals surface area contributed by atoms with Crippen LogP contribution in [0.4, 0.5) is 5.69 Å². The fraction of sp³-hybridized carbons (Fsp3) is 0.278. The largest absolute Gasteiger partial charge is 0.493 e. The van der Waals surface area contributed by atoms with E-state index in [9.17, 15) is 13.2 Å². The van der Waals surface area contributed by atoms with Gasteiger partial charge in [-0.05, 0) is 37.1 Å². The number of esters is 1. The Bertz CT molecular complexity index is 988. The van der Waals surface area contributed by atoms with Crippen molar-refractivity contribution in [3.63, 3.8) is 0 Å². The van der Waals surface area contributed by atoms with Crippen molar-refractivity contribution in [3.05, 3.63) is 46.0 Å². The first-order valence-electron chi connectivity index (χ1n) is 7.78. The van der Waals surface area contributed by atoms with Crippen LogP contribution >= 0.6 is 11.6 Å². The Morgan fingerprint density at radius 1 is 0.963 bits per heavy atom. The molecule has 0 spiro atoms. The first-order chi connectivity index (χ1) is 12.6. The zero-order valence-electron chi connectivity index (χ0n) is 15.5. The minimum absolute atomic E-state index is 0.00602. The molecule has 0 fully saturated rings. The Balaban J connectivity index is 2.61. The van der Waals surface area contributed by atoms with Crippen molar-refractivity contribution in [1.82, 2.24) is 0 Å². The number of halogens is 1. The zero-order valence-corrected chi connectivity index (χ0v) is 17.1. The van der Waals surface area contributed by atoms with Crippen LogP contribution in [0.2, 0.25) is 5.02 Å². The molecule has 0 bridgehead atoms. The molecule has 0 unspecified atom stereocenters. The van der Waals surface area contributed by atoms with Crippen LogP contribution in [0.3, 0.4) is 0 Å². The van der Waals surface area contributed by atoms with Crippen LogP contribution in [-0.2, 0) is 14.8 Å². The van der Waals surface area contributed by atoms with Gasteiger partial charge in [-0.1, -0.05) is 11.6 Å². The van der Waals surface area contributed by atoms with Crippen LogP contribution in [0.15, 0.2) is 29.2 Å². The topological polar surface area (TPSA) is 90.9 Å². The van der Waals surface area contributed by atoms with E-state index >= 15 is 0 Å². The van der Waals surface area contributed by atoms with Crippen LogP contribution in [-0.4, -0.2) is 35.7 Å². The first-order valence-corrected chi connectivity index (χ1v) is 9.64. The third kappa shape index (κ3) is 4.28. The van der Waals surface area contributed by atoms with Gasteiger partial charge in [0, 0.05) is 17.2 Å². The average Bonchev–Trinajstić information content (AvgIpc) is 2.63. The van der Waals surface area contributed by atoms with Gasteiger partial charge in [-0.15, -0.1) is 0 Å². The average molecular weight is 414 g/mol. The summed E-state index contributed by atoms with van der Waals surface area (Å²) in [6.07, 6.45) is 0. The first kappa shape index (κ1) is 20.9. The number of carbonyl (C=O) groups excluding carboxylic acids is 1. The van der Waals surface area contributed by atoms with E-state index in [1.165, 1.54) is 39.5 Å². The van der Waals surface area contributed by atoms with E-state index in [1.54, 1.807) is 19.9 Å². The number of benzene rings is 2. The highest BCUT2D eigenvalue weighted by Crippen LogP contribution is 2.35. The molecule has 0 aliphatic rings. The van der Waals surface area contributed by atoms with Crippen LogP contribution in [0.5, 0.6) is 11.5 Å². The molecular weight excluding hydrogens is 394 g/mol. The Kier molecular flexibility index (Phi) is 6.22. The van der Waals surface area contributed by atoms with Gasteiger partial charge in [0.1, 0.15) is 0 Å². The van der Waals surface area contributed by atoms with Crippen molar-refractivity contribution in [1.29, 1.82) is 0 Å². The van der Waals surface area contributed by atoms with Gasteiger partial charge in [0.05, 0.1) is 37.5 Å². The van der Waals surface area contributed by atoms with Gasteiger partial charge in [0.2, 0.25) is 0 Å². The maximum Gasteiger partial charge on any atom is 0.340 e. The SMILES string of the molecule is COC(=O)c1cc(OC)c(OC)cc1NS(=O)(=O)c1cc(C)c(Cl)cc1C. The molecule has 0 aliphatic carbocycles. The summed E-state index contributed by atoms with van der Waals surface area (Å²) in [7, 11) is 0.00238. The van der Waals surface area contributed by atoms with Gasteiger partial charge < -0.3 is 14.2 Å². The molecule has 27 heavy (non-hydrogen) atoms. The quantitative estimate of drug-likeness (QED) is 0.728. The standard InChI is InChI=1S/C18H20ClNO6S/c1-10-7-17(11(2)6-13(10)19)27(22,23)20-14-9-16(25-4)15(24-3)8-12(14)18(21)26-5/h6-9,20H,1-5H3. The van der Waals surface area contributed by atoms with E-state index in [0.29, 0.717) is 16.1 Å². The van der Waals surface area contributed by atoms with Crippen LogP contribution < -0.4 is 14.2 Å². The second-order valence-electron chi connectivity index (χ2n) is 5.72. The van der Waals surface area contributed by atoms with E-state index in [4.69, 9.17) is 25.8 Å². The van der Waals surface area contributed by atoms with Crippen molar-refractivity contribution in [2.45, 2.75) is 18.7 Å². The molecule has 146 valence electrons. The summed E-state index contributed by atoms with van der Waals surface area (Å²) in [6, 6.07) is 5.75. The zero-order chi connectivity index (χ0) is 20.4. The molecule has 0 amide bonds. The summed E-state index contributed by atoms with van der Waals surface area (Å²) in [5, 5.41) is 0.466. The number of aryl methyl sites for hydroxylation is 2. The van der Waals surface area contributed by atoms with Crippen molar-refractivity contribution in [2.24, 2.45) is 0 Å². The number of ether oxygens (including phenoxy) is 3. The highest BCUT2D eigenvalue weighted by molar-refractivity contribution is 7.92. The molecule has 0 aliphatic heterocycles. The third-order valence-corrected chi connectivity index (χ3v) is 5.83. The summed E-state index contributed by atoms with van der Waals surface area (Å²) in [6.45, 7) is 3.34. The molecule has 0 heterocycles. The Labute approximate surface area is 163 Å². The minimum atomic E-state index is -4.00. The fourth-order valence-electron chi connectivity index (χ4n) is 2.49. The minimum Gasteiger partial charge on any atom is -0.493 e. The van der Waals surface area contributed by atoms with Gasteiger partial charge in [-0.25, -0.2) is 13.2 Å². The molecule has 1 N–H and O–H groups in total. The van der Waals surface area contributed by atoms with E-state index in [-0.39, 0.29) is 27.6 Å². The highest BCUT2D eigenvalue weighted by Gasteiger charge is 2.24. The van der Waals surface area contributed by atoms with E-state index in [2.05, 4.69) is 4.72 Å². The number of anilines is 1. The highest BCUT2D eigenvalue weighted by atomic mass is 35.5. The molecule has 0 saturated carbocycles. The molecule has 9 heteroatoms. The number of rotatable bonds is 6. The summed E-state index contributed by atoms with van der Waals surface area (Å²) in [5.74, 6) is -0.205. The van der Waals surface area contributed by atoms with Gasteiger partial charge in [0.15, 0.2) is 11.5 Å². The molecular formula is C18H20ClNO6S. The van der Waals surface area contributed by atoms with Gasteiger partial charge in [0.25, 0.3) is 10.0 Å². The molecule has 0 atom stereocenters. The smallest absolute Gasteiger partial charge is 0.340 e. The lowest BCUT2D eigenvalue weighted by Gasteiger charge is -2.16. The molecule has 0 aromatic heterocycles. The van der Waals surface area contributed by atoms with Crippen LogP contribution in [0.1, 0.15) is 21.5 Å². The van der Waals surface area contributed by atoms with E-state index in [0.717, 1.165) is 0 Å². The summed E-state index contributed by atoms with van der Waals surface area (Å²) >= 11 is 6.05. The predicted molar refractivity (Wildman–Crippen MR) is 103 cm³/mol. The van der Waals surface area contributed by atoms with Gasteiger partial charge in [-0.3, -0.25) is 4.72 Å². The molecule has 7 nitrogen and oxygen atoms in total. The monoisotopic (exact) mass is 413 g/mol. The maximum absolute atomic E-state index is 12.9. The lowest BCUT2D eigenvalue weighted by molar-refractivity contribution is 0.0601. The van der Waals surface area contributed by atoms with E-state index < -0.39 is 16.0 Å². The van der Waals surface area contributed by atoms with Crippen LogP contribution in [0, 0.1) is 13.8 Å². The molecule has 2 aromatic carbocycles. The van der Waals surface area contributed by atoms with Crippen molar-refractivity contribution >= 4 is 33.3 Å². The van der Waals surface area contributed by atoms with Crippen molar-refractivity contribution in [2.75, 3.05) is 26.1 Å². The normalized spacial score (nSPS) is 11.0. The lowest BCUT2D eigenvalue weighted by atomic mass is 10.1. The second kappa shape index (κ2) is 8.06. The number of sulfonamides is 1. The van der Waals surface area contributed by atoms with Crippen LogP contribution in [0.25, 0.3) is 0 Å².